The molecule has 0 unspecified atom stereocenters. The number of fused-ring (bicyclic) bond motifs is 6. The standard InChI is InChI=1S/C60H47N/c1-59(2)55-24-13-11-20-50(55)52-36-30-44(38-57(52)59)40-26-31-45(32-27-40)61(47-35-37-48(41-16-7-5-8-17-41)54(39-47)42-18-9-6-10-19-42)46-33-28-43(29-34-46)49-22-15-23-53-51-21-12-14-25-56(51)60(3,4)58(49)53/h5-39H,1-4H3. The number of hydrogen-bond donors (Lipinski definition) is 0. The normalized spacial score (nSPS) is 13.8. The van der Waals surface area contributed by atoms with Gasteiger partial charge >= 0.3 is 0 Å². The van der Waals surface area contributed by atoms with Gasteiger partial charge in [0.05, 0.1) is 0 Å². The lowest BCUT2D eigenvalue weighted by Crippen LogP contribution is -2.16. The van der Waals surface area contributed by atoms with Crippen molar-refractivity contribution in [1.82, 2.24) is 0 Å². The van der Waals surface area contributed by atoms with Crippen LogP contribution in [0, 0.1) is 0 Å². The molecule has 0 saturated heterocycles. The van der Waals surface area contributed by atoms with E-state index in [1.807, 2.05) is 0 Å². The molecule has 0 aliphatic heterocycles. The van der Waals surface area contributed by atoms with Crippen molar-refractivity contribution in [2.24, 2.45) is 0 Å². The average molecular weight is 782 g/mol. The Hall–Kier alpha value is -7.22. The Labute approximate surface area is 360 Å². The SMILES string of the molecule is CC1(C)c2ccccc2-c2ccc(-c3ccc(N(c4ccc(-c5cccc6c5C(C)(C)c5ccccc5-6)cc4)c4ccc(-c5ccccc5)c(-c5ccccc5)c4)cc3)cc21. The molecule has 0 amide bonds. The summed E-state index contributed by atoms with van der Waals surface area (Å²) in [5.74, 6) is 0. The number of rotatable bonds is 7. The fraction of sp³-hybridized carbons (Fsp3) is 0.100. The van der Waals surface area contributed by atoms with E-state index in [0.29, 0.717) is 0 Å². The van der Waals surface area contributed by atoms with Crippen LogP contribution in [-0.2, 0) is 10.8 Å². The van der Waals surface area contributed by atoms with Crippen LogP contribution in [0.4, 0.5) is 17.1 Å². The topological polar surface area (TPSA) is 3.24 Å². The predicted octanol–water partition coefficient (Wildman–Crippen LogP) is 16.4. The van der Waals surface area contributed by atoms with Gasteiger partial charge in [0, 0.05) is 27.9 Å². The highest BCUT2D eigenvalue weighted by molar-refractivity contribution is 5.91. The zero-order chi connectivity index (χ0) is 41.3. The summed E-state index contributed by atoms with van der Waals surface area (Å²) in [5, 5.41) is 0. The minimum absolute atomic E-state index is 0.0488. The summed E-state index contributed by atoms with van der Waals surface area (Å²) >= 11 is 0. The second-order valence-corrected chi connectivity index (χ2v) is 17.7. The van der Waals surface area contributed by atoms with Gasteiger partial charge in [-0.15, -0.1) is 0 Å². The van der Waals surface area contributed by atoms with Gasteiger partial charge in [0.2, 0.25) is 0 Å². The summed E-state index contributed by atoms with van der Waals surface area (Å²) in [6, 6.07) is 78.4. The maximum atomic E-state index is 2.41. The minimum Gasteiger partial charge on any atom is -0.310 e. The summed E-state index contributed by atoms with van der Waals surface area (Å²) in [5.41, 5.74) is 23.9. The molecule has 0 fully saturated rings. The second kappa shape index (κ2) is 14.2. The van der Waals surface area contributed by atoms with Crippen LogP contribution in [-0.4, -0.2) is 0 Å². The van der Waals surface area contributed by atoms with E-state index < -0.39 is 0 Å². The highest BCUT2D eigenvalue weighted by atomic mass is 15.1. The van der Waals surface area contributed by atoms with Crippen LogP contribution in [0.15, 0.2) is 212 Å². The highest BCUT2D eigenvalue weighted by Crippen LogP contribution is 2.53. The van der Waals surface area contributed by atoms with E-state index in [9.17, 15) is 0 Å². The van der Waals surface area contributed by atoms with Crippen LogP contribution in [0.2, 0.25) is 0 Å². The molecule has 0 atom stereocenters. The zero-order valence-electron chi connectivity index (χ0n) is 35.2. The first-order valence-electron chi connectivity index (χ1n) is 21.5. The number of nitrogens with zero attached hydrogens (tertiary/aromatic N) is 1. The van der Waals surface area contributed by atoms with Crippen molar-refractivity contribution < 1.29 is 0 Å². The van der Waals surface area contributed by atoms with Crippen LogP contribution in [0.3, 0.4) is 0 Å². The van der Waals surface area contributed by atoms with E-state index in [-0.39, 0.29) is 10.8 Å². The molecule has 61 heavy (non-hydrogen) atoms. The highest BCUT2D eigenvalue weighted by Gasteiger charge is 2.37. The third-order valence-corrected chi connectivity index (χ3v) is 13.5. The molecule has 9 aromatic carbocycles. The fourth-order valence-corrected chi connectivity index (χ4v) is 10.4. The van der Waals surface area contributed by atoms with Gasteiger partial charge < -0.3 is 4.90 Å². The minimum atomic E-state index is -0.0954. The molecule has 2 aliphatic carbocycles. The molecule has 0 spiro atoms. The first-order valence-corrected chi connectivity index (χ1v) is 21.5. The summed E-state index contributed by atoms with van der Waals surface area (Å²) in [7, 11) is 0. The van der Waals surface area contributed by atoms with Crippen molar-refractivity contribution in [3.8, 4) is 66.8 Å². The third-order valence-electron chi connectivity index (χ3n) is 13.5. The van der Waals surface area contributed by atoms with Crippen LogP contribution >= 0.6 is 0 Å². The van der Waals surface area contributed by atoms with E-state index in [1.54, 1.807) is 0 Å². The molecule has 292 valence electrons. The van der Waals surface area contributed by atoms with E-state index >= 15 is 0 Å². The molecule has 1 heteroatoms. The smallest absolute Gasteiger partial charge is 0.0468 e. The molecule has 0 bridgehead atoms. The second-order valence-electron chi connectivity index (χ2n) is 17.7. The average Bonchev–Trinajstić information content (AvgIpc) is 3.69. The number of benzene rings is 9. The Morgan fingerprint density at radius 1 is 0.262 bits per heavy atom. The Balaban J connectivity index is 1.02. The van der Waals surface area contributed by atoms with Crippen molar-refractivity contribution in [2.45, 2.75) is 38.5 Å². The maximum Gasteiger partial charge on any atom is 0.0468 e. The summed E-state index contributed by atoms with van der Waals surface area (Å²) in [4.78, 5) is 2.41. The monoisotopic (exact) mass is 781 g/mol. The van der Waals surface area contributed by atoms with E-state index in [0.717, 1.165) is 17.1 Å². The Morgan fingerprint density at radius 2 is 0.705 bits per heavy atom. The molecule has 9 aromatic rings. The molecule has 2 aliphatic rings. The van der Waals surface area contributed by atoms with Crippen molar-refractivity contribution in [3.05, 3.63) is 235 Å². The van der Waals surface area contributed by atoms with Crippen molar-refractivity contribution >= 4 is 17.1 Å². The van der Waals surface area contributed by atoms with Crippen LogP contribution in [0.25, 0.3) is 66.8 Å². The lowest BCUT2D eigenvalue weighted by molar-refractivity contribution is 0.660. The van der Waals surface area contributed by atoms with E-state index in [1.165, 1.54) is 89.0 Å². The molecular weight excluding hydrogens is 735 g/mol. The summed E-state index contributed by atoms with van der Waals surface area (Å²) in [6.07, 6.45) is 0. The van der Waals surface area contributed by atoms with E-state index in [2.05, 4.69) is 245 Å². The molecule has 11 rings (SSSR count). The number of hydrogen-bond acceptors (Lipinski definition) is 1. The van der Waals surface area contributed by atoms with Gasteiger partial charge in [0.15, 0.2) is 0 Å². The van der Waals surface area contributed by atoms with Crippen LogP contribution < -0.4 is 4.90 Å². The zero-order valence-corrected chi connectivity index (χ0v) is 35.2. The van der Waals surface area contributed by atoms with Crippen molar-refractivity contribution in [1.29, 1.82) is 0 Å². The van der Waals surface area contributed by atoms with Gasteiger partial charge in [-0.25, -0.2) is 0 Å². The lowest BCUT2D eigenvalue weighted by atomic mass is 9.79. The summed E-state index contributed by atoms with van der Waals surface area (Å²) < 4.78 is 0. The molecule has 0 radical (unpaired) electrons. The molecule has 0 aromatic heterocycles. The van der Waals surface area contributed by atoms with Crippen LogP contribution in [0.5, 0.6) is 0 Å². The molecule has 0 saturated carbocycles. The van der Waals surface area contributed by atoms with Crippen molar-refractivity contribution in [3.63, 3.8) is 0 Å². The predicted molar refractivity (Wildman–Crippen MR) is 258 cm³/mol. The Kier molecular flexibility index (Phi) is 8.58. The Bertz CT molecular complexity index is 3100. The van der Waals surface area contributed by atoms with Gasteiger partial charge in [-0.1, -0.05) is 198 Å². The Morgan fingerprint density at radius 3 is 1.36 bits per heavy atom. The molecular formula is C60H47N. The van der Waals surface area contributed by atoms with Gasteiger partial charge in [-0.05, 0) is 131 Å². The largest absolute Gasteiger partial charge is 0.310 e. The first-order chi connectivity index (χ1) is 29.8. The molecule has 0 N–H and O–H groups in total. The fourth-order valence-electron chi connectivity index (χ4n) is 10.4. The molecule has 0 heterocycles. The van der Waals surface area contributed by atoms with Crippen LogP contribution in [0.1, 0.15) is 49.9 Å². The lowest BCUT2D eigenvalue weighted by Gasteiger charge is -2.28. The maximum absolute atomic E-state index is 2.41. The first kappa shape index (κ1) is 36.8. The van der Waals surface area contributed by atoms with Crippen molar-refractivity contribution in [2.75, 3.05) is 4.90 Å². The van der Waals surface area contributed by atoms with Gasteiger partial charge in [0.25, 0.3) is 0 Å². The summed E-state index contributed by atoms with van der Waals surface area (Å²) in [6.45, 7) is 9.44. The van der Waals surface area contributed by atoms with Gasteiger partial charge in [-0.2, -0.15) is 0 Å². The van der Waals surface area contributed by atoms with E-state index in [4.69, 9.17) is 0 Å². The number of anilines is 3. The quantitative estimate of drug-likeness (QED) is 0.156. The van der Waals surface area contributed by atoms with Gasteiger partial charge in [-0.3, -0.25) is 0 Å². The molecule has 1 nitrogen and oxygen atoms in total. The third kappa shape index (κ3) is 5.99. The van der Waals surface area contributed by atoms with Gasteiger partial charge in [0.1, 0.15) is 0 Å².